The average molecular weight is 335 g/mol. The minimum absolute atomic E-state index is 0.113. The highest BCUT2D eigenvalue weighted by Crippen LogP contribution is 2.31. The molecular formula is C21H34O3. The molecule has 3 heteroatoms. The van der Waals surface area contributed by atoms with Crippen molar-refractivity contribution >= 4 is 5.97 Å². The molecule has 136 valence electrons. The van der Waals surface area contributed by atoms with Gasteiger partial charge in [-0.3, -0.25) is 4.79 Å². The van der Waals surface area contributed by atoms with E-state index in [2.05, 4.69) is 27.7 Å². The molecule has 0 aliphatic rings. The molecule has 0 radical (unpaired) electrons. The number of esters is 1. The predicted octanol–water partition coefficient (Wildman–Crippen LogP) is 5.53. The molecule has 0 bridgehead atoms. The minimum atomic E-state index is -0.131. The zero-order valence-electron chi connectivity index (χ0n) is 15.9. The third-order valence-corrected chi connectivity index (χ3v) is 4.25. The summed E-state index contributed by atoms with van der Waals surface area (Å²) in [5.41, 5.74) is 1.87. The van der Waals surface area contributed by atoms with E-state index >= 15 is 0 Å². The summed E-state index contributed by atoms with van der Waals surface area (Å²) in [5, 5.41) is 9.98. The first-order valence-corrected chi connectivity index (χ1v) is 9.32. The van der Waals surface area contributed by atoms with E-state index in [1.165, 1.54) is 25.7 Å². The smallest absolute Gasteiger partial charge is 0.306 e. The molecule has 0 heterocycles. The van der Waals surface area contributed by atoms with Gasteiger partial charge in [-0.15, -0.1) is 0 Å². The first-order valence-electron chi connectivity index (χ1n) is 9.32. The van der Waals surface area contributed by atoms with Crippen molar-refractivity contribution in [1.29, 1.82) is 0 Å². The van der Waals surface area contributed by atoms with Gasteiger partial charge in [-0.1, -0.05) is 71.9 Å². The number of aryl methyl sites for hydroxylation is 1. The number of carbonyl (C=O) groups excluding carboxylic acids is 1. The Kier molecular flexibility index (Phi) is 8.88. The second kappa shape index (κ2) is 10.4. The van der Waals surface area contributed by atoms with Crippen LogP contribution in [0.4, 0.5) is 0 Å². The normalized spacial score (nSPS) is 11.5. The largest absolute Gasteiger partial charge is 0.508 e. The summed E-state index contributed by atoms with van der Waals surface area (Å²) in [6.07, 6.45) is 8.20. The average Bonchev–Trinajstić information content (AvgIpc) is 2.52. The molecule has 0 saturated carbocycles. The van der Waals surface area contributed by atoms with Crippen LogP contribution in [0.25, 0.3) is 0 Å². The summed E-state index contributed by atoms with van der Waals surface area (Å²) >= 11 is 0. The molecule has 0 aromatic heterocycles. The molecule has 0 spiro atoms. The molecule has 0 atom stereocenters. The SMILES string of the molecule is CCCCCCCCOC(=O)CCc1ccc(O)c(C(C)(C)C)c1. The van der Waals surface area contributed by atoms with Crippen LogP contribution in [0.1, 0.15) is 83.8 Å². The molecule has 3 nitrogen and oxygen atoms in total. The van der Waals surface area contributed by atoms with Gasteiger partial charge in [0.2, 0.25) is 0 Å². The van der Waals surface area contributed by atoms with Crippen LogP contribution >= 0.6 is 0 Å². The van der Waals surface area contributed by atoms with Gasteiger partial charge in [0.25, 0.3) is 0 Å². The summed E-state index contributed by atoms with van der Waals surface area (Å²) in [4.78, 5) is 11.8. The van der Waals surface area contributed by atoms with Crippen molar-refractivity contribution in [3.63, 3.8) is 0 Å². The Morgan fingerprint density at radius 3 is 2.42 bits per heavy atom. The zero-order valence-corrected chi connectivity index (χ0v) is 15.9. The van der Waals surface area contributed by atoms with E-state index < -0.39 is 0 Å². The van der Waals surface area contributed by atoms with Crippen molar-refractivity contribution in [1.82, 2.24) is 0 Å². The number of unbranched alkanes of at least 4 members (excludes halogenated alkanes) is 5. The molecule has 0 unspecified atom stereocenters. The van der Waals surface area contributed by atoms with Gasteiger partial charge in [0.15, 0.2) is 0 Å². The quantitative estimate of drug-likeness (QED) is 0.452. The van der Waals surface area contributed by atoms with Crippen LogP contribution in [0.2, 0.25) is 0 Å². The van der Waals surface area contributed by atoms with Crippen LogP contribution < -0.4 is 0 Å². The summed E-state index contributed by atoms with van der Waals surface area (Å²) in [5.74, 6) is 0.186. The Morgan fingerprint density at radius 1 is 1.08 bits per heavy atom. The molecular weight excluding hydrogens is 300 g/mol. The third-order valence-electron chi connectivity index (χ3n) is 4.25. The van der Waals surface area contributed by atoms with Crippen molar-refractivity contribution in [2.45, 2.75) is 84.5 Å². The van der Waals surface area contributed by atoms with Crippen molar-refractivity contribution in [3.8, 4) is 5.75 Å². The number of benzene rings is 1. The van der Waals surface area contributed by atoms with Gasteiger partial charge in [-0.25, -0.2) is 0 Å². The Bertz CT molecular complexity index is 500. The highest BCUT2D eigenvalue weighted by atomic mass is 16.5. The molecule has 1 N–H and O–H groups in total. The Balaban J connectivity index is 2.30. The highest BCUT2D eigenvalue weighted by Gasteiger charge is 2.18. The summed E-state index contributed by atoms with van der Waals surface area (Å²) in [7, 11) is 0. The van der Waals surface area contributed by atoms with Gasteiger partial charge in [0.1, 0.15) is 5.75 Å². The molecule has 1 aromatic carbocycles. The summed E-state index contributed by atoms with van der Waals surface area (Å²) in [6, 6.07) is 5.60. The fraction of sp³-hybridized carbons (Fsp3) is 0.667. The van der Waals surface area contributed by atoms with Gasteiger partial charge in [-0.2, -0.15) is 0 Å². The van der Waals surface area contributed by atoms with Gasteiger partial charge >= 0.3 is 5.97 Å². The number of hydrogen-bond acceptors (Lipinski definition) is 3. The summed E-state index contributed by atoms with van der Waals surface area (Å²) < 4.78 is 5.30. The lowest BCUT2D eigenvalue weighted by Crippen LogP contribution is -2.12. The van der Waals surface area contributed by atoms with E-state index in [1.54, 1.807) is 6.07 Å². The lowest BCUT2D eigenvalue weighted by atomic mass is 9.85. The number of aromatic hydroxyl groups is 1. The first-order chi connectivity index (χ1) is 11.3. The van der Waals surface area contributed by atoms with Crippen LogP contribution in [-0.2, 0) is 21.4 Å². The Labute approximate surface area is 147 Å². The monoisotopic (exact) mass is 334 g/mol. The molecule has 0 fully saturated rings. The topological polar surface area (TPSA) is 46.5 Å². The fourth-order valence-corrected chi connectivity index (χ4v) is 2.73. The second-order valence-corrected chi connectivity index (χ2v) is 7.59. The molecule has 24 heavy (non-hydrogen) atoms. The molecule has 1 aromatic rings. The van der Waals surface area contributed by atoms with E-state index in [-0.39, 0.29) is 11.4 Å². The summed E-state index contributed by atoms with van der Waals surface area (Å²) in [6.45, 7) is 8.95. The molecule has 1 rings (SSSR count). The van der Waals surface area contributed by atoms with E-state index in [1.807, 2.05) is 12.1 Å². The zero-order chi connectivity index (χ0) is 18.0. The van der Waals surface area contributed by atoms with Crippen LogP contribution in [0.5, 0.6) is 5.75 Å². The van der Waals surface area contributed by atoms with Crippen LogP contribution in [-0.4, -0.2) is 17.7 Å². The molecule has 0 amide bonds. The maximum atomic E-state index is 11.8. The number of hydrogen-bond donors (Lipinski definition) is 1. The Morgan fingerprint density at radius 2 is 1.75 bits per heavy atom. The second-order valence-electron chi connectivity index (χ2n) is 7.59. The van der Waals surface area contributed by atoms with Crippen LogP contribution in [0.15, 0.2) is 18.2 Å². The lowest BCUT2D eigenvalue weighted by molar-refractivity contribution is -0.143. The highest BCUT2D eigenvalue weighted by molar-refractivity contribution is 5.69. The fourth-order valence-electron chi connectivity index (χ4n) is 2.73. The Hall–Kier alpha value is -1.51. The maximum absolute atomic E-state index is 11.8. The maximum Gasteiger partial charge on any atom is 0.306 e. The predicted molar refractivity (Wildman–Crippen MR) is 99.5 cm³/mol. The van der Waals surface area contributed by atoms with E-state index in [4.69, 9.17) is 4.74 Å². The molecule has 0 saturated heterocycles. The van der Waals surface area contributed by atoms with Crippen molar-refractivity contribution in [2.24, 2.45) is 0 Å². The van der Waals surface area contributed by atoms with Gasteiger partial charge in [-0.05, 0) is 35.4 Å². The van der Waals surface area contributed by atoms with Gasteiger partial charge in [0.05, 0.1) is 6.61 Å². The number of rotatable bonds is 10. The van der Waals surface area contributed by atoms with Crippen molar-refractivity contribution in [2.75, 3.05) is 6.61 Å². The van der Waals surface area contributed by atoms with Crippen LogP contribution in [0.3, 0.4) is 0 Å². The van der Waals surface area contributed by atoms with E-state index in [0.717, 1.165) is 24.0 Å². The minimum Gasteiger partial charge on any atom is -0.508 e. The number of carbonyl (C=O) groups is 1. The number of phenolic OH excluding ortho intramolecular Hbond substituents is 1. The van der Waals surface area contributed by atoms with Crippen molar-refractivity contribution < 1.29 is 14.6 Å². The van der Waals surface area contributed by atoms with Gasteiger partial charge in [0, 0.05) is 6.42 Å². The van der Waals surface area contributed by atoms with Gasteiger partial charge < -0.3 is 9.84 Å². The standard InChI is InChI=1S/C21H34O3/c1-5-6-7-8-9-10-15-24-20(23)14-12-17-11-13-19(22)18(16-17)21(2,3)4/h11,13,16,22H,5-10,12,14-15H2,1-4H3. The van der Waals surface area contributed by atoms with Crippen LogP contribution in [0, 0.1) is 0 Å². The first kappa shape index (κ1) is 20.5. The third kappa shape index (κ3) is 7.85. The van der Waals surface area contributed by atoms with E-state index in [9.17, 15) is 9.90 Å². The molecule has 0 aliphatic heterocycles. The van der Waals surface area contributed by atoms with E-state index in [0.29, 0.717) is 25.2 Å². The lowest BCUT2D eigenvalue weighted by Gasteiger charge is -2.21. The number of ether oxygens (including phenoxy) is 1. The number of phenols is 1. The van der Waals surface area contributed by atoms with Crippen molar-refractivity contribution in [3.05, 3.63) is 29.3 Å². The molecule has 0 aliphatic carbocycles.